The van der Waals surface area contributed by atoms with Gasteiger partial charge in [-0.25, -0.2) is 0 Å². The molecule has 0 heterocycles. The van der Waals surface area contributed by atoms with E-state index in [1.165, 1.54) is 0 Å². The van der Waals surface area contributed by atoms with Crippen LogP contribution in [-0.2, 0) is 9.59 Å². The van der Waals surface area contributed by atoms with E-state index in [9.17, 15) is 9.59 Å². The number of carboxylic acid groups (broad SMARTS) is 1. The quantitative estimate of drug-likeness (QED) is 0.890. The molecule has 0 radical (unpaired) electrons. The van der Waals surface area contributed by atoms with E-state index in [1.54, 1.807) is 0 Å². The third-order valence-corrected chi connectivity index (χ3v) is 4.68. The minimum Gasteiger partial charge on any atom is -0.481 e. The van der Waals surface area contributed by atoms with Gasteiger partial charge in [0, 0.05) is 5.92 Å². The Morgan fingerprint density at radius 2 is 1.87 bits per heavy atom. The number of nitrogens with one attached hydrogen (secondary N) is 1. The molecule has 1 aliphatic rings. The summed E-state index contributed by atoms with van der Waals surface area (Å²) in [5.74, 6) is -1.37. The lowest BCUT2D eigenvalue weighted by Gasteiger charge is -2.33. The molecule has 1 aromatic carbocycles. The maximum Gasteiger partial charge on any atom is 0.306 e. The summed E-state index contributed by atoms with van der Waals surface area (Å²) in [5, 5.41) is 12.3. The number of hydrogen-bond acceptors (Lipinski definition) is 2. The second-order valence-corrected chi connectivity index (χ2v) is 7.77. The van der Waals surface area contributed by atoms with E-state index in [1.807, 2.05) is 25.1 Å². The fourth-order valence-corrected chi connectivity index (χ4v) is 3.35. The van der Waals surface area contributed by atoms with E-state index in [2.05, 4.69) is 32.2 Å². The summed E-state index contributed by atoms with van der Waals surface area (Å²) in [6.07, 6.45) is 1.71. The van der Waals surface area contributed by atoms with Gasteiger partial charge in [0.1, 0.15) is 0 Å². The van der Waals surface area contributed by atoms with Gasteiger partial charge in [-0.05, 0) is 37.2 Å². The van der Waals surface area contributed by atoms with Crippen molar-refractivity contribution in [3.63, 3.8) is 0 Å². The van der Waals surface area contributed by atoms with Gasteiger partial charge in [-0.1, -0.05) is 50.6 Å². The van der Waals surface area contributed by atoms with Crippen molar-refractivity contribution in [1.82, 2.24) is 5.32 Å². The molecule has 1 amide bonds. The highest BCUT2D eigenvalue weighted by Gasteiger charge is 2.36. The molecule has 1 saturated carbocycles. The second kappa shape index (κ2) is 6.73. The molecule has 0 aromatic heterocycles. The smallest absolute Gasteiger partial charge is 0.306 e. The van der Waals surface area contributed by atoms with E-state index in [0.29, 0.717) is 19.3 Å². The SMILES string of the molecule is Cc1cccc(C(NC(=O)[C@@H]2CC[C@H](C(=O)O)C2)C(C)(C)C)c1. The lowest BCUT2D eigenvalue weighted by Crippen LogP contribution is -2.39. The maximum atomic E-state index is 12.6. The summed E-state index contributed by atoms with van der Waals surface area (Å²) in [6, 6.07) is 8.10. The molecule has 0 aliphatic heterocycles. The van der Waals surface area contributed by atoms with E-state index in [0.717, 1.165) is 11.1 Å². The number of amides is 1. The maximum absolute atomic E-state index is 12.6. The van der Waals surface area contributed by atoms with Crippen LogP contribution >= 0.6 is 0 Å². The van der Waals surface area contributed by atoms with Gasteiger partial charge in [-0.2, -0.15) is 0 Å². The van der Waals surface area contributed by atoms with Gasteiger partial charge >= 0.3 is 5.97 Å². The molecule has 1 unspecified atom stereocenters. The monoisotopic (exact) mass is 317 g/mol. The molecule has 1 aliphatic carbocycles. The fourth-order valence-electron chi connectivity index (χ4n) is 3.35. The van der Waals surface area contributed by atoms with Crippen LogP contribution in [0.15, 0.2) is 24.3 Å². The van der Waals surface area contributed by atoms with Crippen LogP contribution in [-0.4, -0.2) is 17.0 Å². The summed E-state index contributed by atoms with van der Waals surface area (Å²) < 4.78 is 0. The van der Waals surface area contributed by atoms with Crippen molar-refractivity contribution >= 4 is 11.9 Å². The first-order valence-electron chi connectivity index (χ1n) is 8.28. The number of carbonyl (C=O) groups excluding carboxylic acids is 1. The normalized spacial score (nSPS) is 22.6. The van der Waals surface area contributed by atoms with Gasteiger partial charge < -0.3 is 10.4 Å². The van der Waals surface area contributed by atoms with Gasteiger partial charge in [0.15, 0.2) is 0 Å². The highest BCUT2D eigenvalue weighted by atomic mass is 16.4. The molecule has 1 aromatic rings. The number of aryl methyl sites for hydroxylation is 1. The topological polar surface area (TPSA) is 66.4 Å². The van der Waals surface area contributed by atoms with Crippen LogP contribution in [0, 0.1) is 24.2 Å². The van der Waals surface area contributed by atoms with E-state index >= 15 is 0 Å². The molecular weight excluding hydrogens is 290 g/mol. The molecule has 4 heteroatoms. The molecule has 2 rings (SSSR count). The Kier molecular flexibility index (Phi) is 5.12. The van der Waals surface area contributed by atoms with Crippen molar-refractivity contribution in [2.75, 3.05) is 0 Å². The Morgan fingerprint density at radius 1 is 1.22 bits per heavy atom. The minimum atomic E-state index is -0.786. The Balaban J connectivity index is 2.13. The van der Waals surface area contributed by atoms with E-state index in [-0.39, 0.29) is 29.2 Å². The van der Waals surface area contributed by atoms with Crippen LogP contribution in [0.4, 0.5) is 0 Å². The average Bonchev–Trinajstić information content (AvgIpc) is 2.93. The highest BCUT2D eigenvalue weighted by molar-refractivity contribution is 5.81. The summed E-state index contributed by atoms with van der Waals surface area (Å²) in [6.45, 7) is 8.36. The van der Waals surface area contributed by atoms with Crippen LogP contribution in [0.1, 0.15) is 57.2 Å². The van der Waals surface area contributed by atoms with Crippen LogP contribution in [0.3, 0.4) is 0 Å². The summed E-state index contributed by atoms with van der Waals surface area (Å²) in [7, 11) is 0. The van der Waals surface area contributed by atoms with E-state index in [4.69, 9.17) is 5.11 Å². The van der Waals surface area contributed by atoms with Gasteiger partial charge in [0.25, 0.3) is 0 Å². The Bertz CT molecular complexity index is 589. The molecular formula is C19H27NO3. The van der Waals surface area contributed by atoms with Crippen LogP contribution in [0.5, 0.6) is 0 Å². The molecule has 0 spiro atoms. The van der Waals surface area contributed by atoms with Gasteiger partial charge in [-0.15, -0.1) is 0 Å². The van der Waals surface area contributed by atoms with E-state index < -0.39 is 5.97 Å². The number of aliphatic carboxylic acids is 1. The first-order valence-corrected chi connectivity index (χ1v) is 8.28. The zero-order chi connectivity index (χ0) is 17.2. The number of carbonyl (C=O) groups is 2. The Labute approximate surface area is 138 Å². The van der Waals surface area contributed by atoms with Crippen molar-refractivity contribution in [2.45, 2.75) is 53.0 Å². The third kappa shape index (κ3) is 4.34. The van der Waals surface area contributed by atoms with Crippen molar-refractivity contribution in [1.29, 1.82) is 0 Å². The summed E-state index contributed by atoms with van der Waals surface area (Å²) >= 11 is 0. The van der Waals surface area contributed by atoms with Gasteiger partial charge in [0.2, 0.25) is 5.91 Å². The predicted molar refractivity (Wildman–Crippen MR) is 90.0 cm³/mol. The lowest BCUT2D eigenvalue weighted by molar-refractivity contribution is -0.141. The summed E-state index contributed by atoms with van der Waals surface area (Å²) in [5.41, 5.74) is 2.14. The molecule has 0 bridgehead atoms. The molecule has 4 nitrogen and oxygen atoms in total. The fraction of sp³-hybridized carbons (Fsp3) is 0.579. The van der Waals surface area contributed by atoms with Crippen LogP contribution in [0.25, 0.3) is 0 Å². The Morgan fingerprint density at radius 3 is 2.39 bits per heavy atom. The molecule has 3 atom stereocenters. The molecule has 1 fully saturated rings. The van der Waals surface area contributed by atoms with Gasteiger partial charge in [-0.3, -0.25) is 9.59 Å². The Hall–Kier alpha value is -1.84. The lowest BCUT2D eigenvalue weighted by atomic mass is 9.81. The number of hydrogen-bond donors (Lipinski definition) is 2. The standard InChI is InChI=1S/C19H27NO3/c1-12-6-5-7-13(10-12)16(19(2,3)4)20-17(21)14-8-9-15(11-14)18(22)23/h5-7,10,14-16H,8-9,11H2,1-4H3,(H,20,21)(H,22,23)/t14-,15+,16?/m1/s1. The van der Waals surface area contributed by atoms with Crippen molar-refractivity contribution in [3.8, 4) is 0 Å². The average molecular weight is 317 g/mol. The summed E-state index contributed by atoms with van der Waals surface area (Å²) in [4.78, 5) is 23.7. The molecule has 2 N–H and O–H groups in total. The largest absolute Gasteiger partial charge is 0.481 e. The molecule has 126 valence electrons. The minimum absolute atomic E-state index is 0.0184. The zero-order valence-electron chi connectivity index (χ0n) is 14.4. The molecule has 23 heavy (non-hydrogen) atoms. The van der Waals surface area contributed by atoms with Gasteiger partial charge in [0.05, 0.1) is 12.0 Å². The first-order chi connectivity index (χ1) is 10.7. The number of carboxylic acids is 1. The highest BCUT2D eigenvalue weighted by Crippen LogP contribution is 2.36. The third-order valence-electron chi connectivity index (χ3n) is 4.68. The first kappa shape index (κ1) is 17.5. The van der Waals surface area contributed by atoms with Crippen LogP contribution in [0.2, 0.25) is 0 Å². The predicted octanol–water partition coefficient (Wildman–Crippen LogP) is 3.70. The van der Waals surface area contributed by atoms with Crippen LogP contribution < -0.4 is 5.32 Å². The number of rotatable bonds is 4. The van der Waals surface area contributed by atoms with Crippen molar-refractivity contribution < 1.29 is 14.7 Å². The zero-order valence-corrected chi connectivity index (χ0v) is 14.4. The number of benzene rings is 1. The van der Waals surface area contributed by atoms with Crippen molar-refractivity contribution in [3.05, 3.63) is 35.4 Å². The second-order valence-electron chi connectivity index (χ2n) is 7.77. The molecule has 0 saturated heterocycles. The van der Waals surface area contributed by atoms with Crippen molar-refractivity contribution in [2.24, 2.45) is 17.3 Å².